The quantitative estimate of drug-likeness (QED) is 0.144. The number of anilines is 4. The van der Waals surface area contributed by atoms with E-state index in [0.29, 0.717) is 6.67 Å². The summed E-state index contributed by atoms with van der Waals surface area (Å²) in [5.74, 6) is 2.47. The molecule has 5 nitrogen and oxygen atoms in total. The standard InChI is InChI=1S/C66H70N4O/c1-62(2,3)46-31-32-57-58(38-46)69(43-68(57)50-28-22-27-48(35-50)65(10,11)44-23-16-14-17-24-44)51-36-49(64(7,8)9)37-52(40-51)71-53-41-55(66(12,13)45-25-18-15-19-26-45)61-54-29-20-21-30-56(54)70(59(61)42-53)60-39-47(33-34-67-60)63(4,5)6/h14-42H,43H2,1-13H3. The average Bonchev–Trinajstić information content (AvgIpc) is 3.89. The van der Waals surface area contributed by atoms with Crippen LogP contribution in [-0.2, 0) is 27.1 Å². The largest absolute Gasteiger partial charge is 0.457 e. The van der Waals surface area contributed by atoms with Crippen molar-refractivity contribution in [2.24, 2.45) is 0 Å². The lowest BCUT2D eigenvalue weighted by Gasteiger charge is -2.29. The molecule has 0 atom stereocenters. The highest BCUT2D eigenvalue weighted by atomic mass is 16.5. The number of nitrogens with zero attached hydrogens (tertiary/aromatic N) is 4. The fraction of sp³-hybridized carbons (Fsp3) is 0.288. The number of rotatable bonds is 9. The summed E-state index contributed by atoms with van der Waals surface area (Å²) < 4.78 is 9.70. The molecular weight excluding hydrogens is 865 g/mol. The lowest BCUT2D eigenvalue weighted by molar-refractivity contribution is 0.477. The first-order valence-corrected chi connectivity index (χ1v) is 25.4. The van der Waals surface area contributed by atoms with Crippen LogP contribution in [0.15, 0.2) is 176 Å². The van der Waals surface area contributed by atoms with Crippen LogP contribution in [0.1, 0.15) is 129 Å². The second-order valence-electron chi connectivity index (χ2n) is 23.9. The normalized spacial score (nSPS) is 13.6. The van der Waals surface area contributed by atoms with Crippen molar-refractivity contribution in [1.82, 2.24) is 9.55 Å². The van der Waals surface area contributed by atoms with Gasteiger partial charge in [-0.3, -0.25) is 4.57 Å². The van der Waals surface area contributed by atoms with E-state index in [1.54, 1.807) is 0 Å². The highest BCUT2D eigenvalue weighted by molar-refractivity contribution is 6.12. The molecule has 0 N–H and O–H groups in total. The van der Waals surface area contributed by atoms with E-state index in [2.05, 4.69) is 274 Å². The summed E-state index contributed by atoms with van der Waals surface area (Å²) in [6.07, 6.45) is 1.95. The fourth-order valence-corrected chi connectivity index (χ4v) is 10.5. The van der Waals surface area contributed by atoms with Crippen LogP contribution >= 0.6 is 0 Å². The van der Waals surface area contributed by atoms with Crippen LogP contribution in [0.3, 0.4) is 0 Å². The Bertz CT molecular complexity index is 3430. The molecule has 0 bridgehead atoms. The molecule has 10 rings (SSSR count). The van der Waals surface area contributed by atoms with Crippen molar-refractivity contribution in [3.8, 4) is 17.3 Å². The van der Waals surface area contributed by atoms with Gasteiger partial charge >= 0.3 is 0 Å². The van der Waals surface area contributed by atoms with Crippen LogP contribution in [0.2, 0.25) is 0 Å². The number of para-hydroxylation sites is 1. The zero-order valence-corrected chi connectivity index (χ0v) is 44.1. The second-order valence-corrected chi connectivity index (χ2v) is 23.9. The minimum absolute atomic E-state index is 0.0365. The molecule has 3 heterocycles. The summed E-state index contributed by atoms with van der Waals surface area (Å²) >= 11 is 0. The number of aromatic nitrogens is 2. The molecule has 0 saturated carbocycles. The van der Waals surface area contributed by atoms with Gasteiger partial charge in [-0.15, -0.1) is 0 Å². The van der Waals surface area contributed by atoms with Gasteiger partial charge in [-0.25, -0.2) is 4.98 Å². The molecule has 1 aliphatic heterocycles. The van der Waals surface area contributed by atoms with Crippen molar-refractivity contribution in [3.63, 3.8) is 0 Å². The molecule has 0 spiro atoms. The summed E-state index contributed by atoms with van der Waals surface area (Å²) in [5, 5.41) is 2.39. The maximum atomic E-state index is 7.36. The predicted octanol–water partition coefficient (Wildman–Crippen LogP) is 17.8. The van der Waals surface area contributed by atoms with Crippen LogP contribution < -0.4 is 14.5 Å². The molecule has 0 fully saturated rings. The first-order valence-electron chi connectivity index (χ1n) is 25.4. The fourth-order valence-electron chi connectivity index (χ4n) is 10.5. The SMILES string of the molecule is CC(C)(C)c1cc(Oc2cc(C(C)(C)c3ccccc3)c3c4ccccc4n(-c4cc(C(C)(C)C)ccn4)c3c2)cc(N2CN(c3cccc(C(C)(C)c4ccccc4)c3)c3ccc(C(C)(C)C)cc32)c1. The van der Waals surface area contributed by atoms with E-state index in [0.717, 1.165) is 34.0 Å². The van der Waals surface area contributed by atoms with Crippen molar-refractivity contribution in [3.05, 3.63) is 215 Å². The summed E-state index contributed by atoms with van der Waals surface area (Å²) in [7, 11) is 0. The van der Waals surface area contributed by atoms with Crippen molar-refractivity contribution < 1.29 is 4.74 Å². The molecule has 71 heavy (non-hydrogen) atoms. The van der Waals surface area contributed by atoms with Gasteiger partial charge in [-0.2, -0.15) is 0 Å². The molecule has 1 aliphatic rings. The molecule has 0 radical (unpaired) electrons. The molecule has 0 saturated heterocycles. The number of hydrogen-bond donors (Lipinski definition) is 0. The Hall–Kier alpha value is -7.11. The van der Waals surface area contributed by atoms with E-state index in [4.69, 9.17) is 9.72 Å². The Kier molecular flexibility index (Phi) is 11.6. The number of pyridine rings is 1. The van der Waals surface area contributed by atoms with E-state index in [1.807, 2.05) is 6.20 Å². The molecular formula is C66H70N4O. The zero-order valence-electron chi connectivity index (χ0n) is 44.1. The van der Waals surface area contributed by atoms with E-state index >= 15 is 0 Å². The molecule has 0 amide bonds. The Morgan fingerprint density at radius 3 is 1.66 bits per heavy atom. The lowest BCUT2D eigenvalue weighted by atomic mass is 9.76. The van der Waals surface area contributed by atoms with E-state index < -0.39 is 0 Å². The molecule has 360 valence electrons. The predicted molar refractivity (Wildman–Crippen MR) is 300 cm³/mol. The highest BCUT2D eigenvalue weighted by Gasteiger charge is 2.34. The zero-order chi connectivity index (χ0) is 50.3. The Balaban J connectivity index is 1.14. The summed E-state index contributed by atoms with van der Waals surface area (Å²) in [4.78, 5) is 10.0. The Morgan fingerprint density at radius 2 is 0.986 bits per heavy atom. The van der Waals surface area contributed by atoms with Crippen molar-refractivity contribution in [1.29, 1.82) is 0 Å². The van der Waals surface area contributed by atoms with Gasteiger partial charge in [0, 0.05) is 51.3 Å². The van der Waals surface area contributed by atoms with Gasteiger partial charge in [0.1, 0.15) is 24.0 Å². The molecule has 2 aromatic heterocycles. The monoisotopic (exact) mass is 935 g/mol. The molecule has 9 aromatic rings. The first-order chi connectivity index (χ1) is 33.6. The Morgan fingerprint density at radius 1 is 0.408 bits per heavy atom. The maximum Gasteiger partial charge on any atom is 0.137 e. The summed E-state index contributed by atoms with van der Waals surface area (Å²) in [6, 6.07) is 62.4. The third kappa shape index (κ3) is 8.79. The smallest absolute Gasteiger partial charge is 0.137 e. The van der Waals surface area contributed by atoms with Crippen LogP contribution in [-0.4, -0.2) is 16.2 Å². The van der Waals surface area contributed by atoms with E-state index in [1.165, 1.54) is 66.8 Å². The molecule has 0 aliphatic carbocycles. The highest BCUT2D eigenvalue weighted by Crippen LogP contribution is 2.50. The van der Waals surface area contributed by atoms with Crippen molar-refractivity contribution in [2.45, 2.75) is 117 Å². The minimum Gasteiger partial charge on any atom is -0.457 e. The maximum absolute atomic E-state index is 7.36. The van der Waals surface area contributed by atoms with E-state index in [9.17, 15) is 0 Å². The number of fused-ring (bicyclic) bond motifs is 4. The number of ether oxygens (including phenoxy) is 1. The van der Waals surface area contributed by atoms with Gasteiger partial charge in [-0.05, 0) is 116 Å². The van der Waals surface area contributed by atoms with Crippen LogP contribution in [0, 0.1) is 0 Å². The van der Waals surface area contributed by atoms with Crippen molar-refractivity contribution >= 4 is 44.6 Å². The molecule has 5 heteroatoms. The number of benzene rings is 7. The third-order valence-corrected chi connectivity index (χ3v) is 15.1. The topological polar surface area (TPSA) is 33.5 Å². The van der Waals surface area contributed by atoms with Gasteiger partial charge in [0.15, 0.2) is 0 Å². The minimum atomic E-state index is -0.381. The van der Waals surface area contributed by atoms with Gasteiger partial charge in [0.05, 0.1) is 22.4 Å². The van der Waals surface area contributed by atoms with Crippen LogP contribution in [0.4, 0.5) is 22.7 Å². The van der Waals surface area contributed by atoms with Gasteiger partial charge in [0.25, 0.3) is 0 Å². The Labute approximate surface area is 422 Å². The summed E-state index contributed by atoms with van der Waals surface area (Å²) in [6.45, 7) is 30.5. The van der Waals surface area contributed by atoms with E-state index in [-0.39, 0.29) is 27.1 Å². The van der Waals surface area contributed by atoms with Crippen molar-refractivity contribution in [2.75, 3.05) is 16.5 Å². The van der Waals surface area contributed by atoms with Gasteiger partial charge in [-0.1, -0.05) is 187 Å². The first kappa shape index (κ1) is 47.6. The van der Waals surface area contributed by atoms with Gasteiger partial charge < -0.3 is 14.5 Å². The molecule has 7 aromatic carbocycles. The van der Waals surface area contributed by atoms with Gasteiger partial charge in [0.2, 0.25) is 0 Å². The lowest BCUT2D eigenvalue weighted by Crippen LogP contribution is -2.25. The average molecular weight is 935 g/mol. The summed E-state index contributed by atoms with van der Waals surface area (Å²) in [5.41, 5.74) is 14.7. The number of hydrogen-bond acceptors (Lipinski definition) is 4. The molecule has 0 unspecified atom stereocenters. The van der Waals surface area contributed by atoms with Crippen LogP contribution in [0.25, 0.3) is 27.6 Å². The van der Waals surface area contributed by atoms with Crippen LogP contribution in [0.5, 0.6) is 11.5 Å². The third-order valence-electron chi connectivity index (χ3n) is 15.1. The second kappa shape index (κ2) is 17.3.